The van der Waals surface area contributed by atoms with Crippen LogP contribution in [0.2, 0.25) is 0 Å². The van der Waals surface area contributed by atoms with Gasteiger partial charge in [-0.1, -0.05) is 12.1 Å². The molecule has 5 rings (SSSR count). The molecule has 3 heterocycles. The maximum atomic E-state index is 14.1. The molecule has 0 aromatic heterocycles. The number of benzene rings is 2. The molecule has 1 amide bonds. The van der Waals surface area contributed by atoms with Gasteiger partial charge in [0.1, 0.15) is 19.0 Å². The number of fused-ring (bicyclic) bond motifs is 2. The highest BCUT2D eigenvalue weighted by Crippen LogP contribution is 2.38. The van der Waals surface area contributed by atoms with Crippen LogP contribution in [0.25, 0.3) is 0 Å². The fourth-order valence-electron chi connectivity index (χ4n) is 4.52. The Hall–Kier alpha value is -2.30. The zero-order valence-corrected chi connectivity index (χ0v) is 19.6. The molecule has 1 unspecified atom stereocenters. The van der Waals surface area contributed by atoms with Gasteiger partial charge in [-0.3, -0.25) is 4.79 Å². The highest BCUT2D eigenvalue weighted by Gasteiger charge is 2.34. The molecule has 33 heavy (non-hydrogen) atoms. The lowest BCUT2D eigenvalue weighted by Gasteiger charge is -2.32. The number of nitrogens with one attached hydrogen (secondary N) is 1. The van der Waals surface area contributed by atoms with Gasteiger partial charge in [0.2, 0.25) is 15.9 Å². The third-order valence-corrected chi connectivity index (χ3v) is 9.37. The molecule has 1 atom stereocenters. The van der Waals surface area contributed by atoms with Gasteiger partial charge in [-0.05, 0) is 43.0 Å². The van der Waals surface area contributed by atoms with E-state index in [1.807, 2.05) is 6.07 Å². The maximum Gasteiger partial charge on any atom is 0.243 e. The van der Waals surface area contributed by atoms with Gasteiger partial charge < -0.3 is 14.8 Å². The molecule has 0 radical (unpaired) electrons. The molecule has 2 aromatic carbocycles. The number of sulfonamides is 1. The first kappa shape index (κ1) is 22.5. The first-order valence-corrected chi connectivity index (χ1v) is 13.5. The molecular formula is C23H25FN2O5S2. The molecule has 10 heteroatoms. The number of carbonyl (C=O) groups is 1. The predicted molar refractivity (Wildman–Crippen MR) is 122 cm³/mol. The van der Waals surface area contributed by atoms with Crippen LogP contribution in [0, 0.1) is 11.7 Å². The number of thioether (sulfide) groups is 1. The van der Waals surface area contributed by atoms with E-state index in [1.54, 1.807) is 12.1 Å². The molecule has 1 N–H and O–H groups in total. The Labute approximate surface area is 196 Å². The second-order valence-electron chi connectivity index (χ2n) is 8.34. The average Bonchev–Trinajstić information content (AvgIpc) is 2.84. The van der Waals surface area contributed by atoms with Crippen LogP contribution in [0.1, 0.15) is 30.9 Å². The van der Waals surface area contributed by atoms with Crippen LogP contribution >= 0.6 is 11.8 Å². The summed E-state index contributed by atoms with van der Waals surface area (Å²) >= 11 is 1.47. The number of hydrogen-bond donors (Lipinski definition) is 1. The van der Waals surface area contributed by atoms with Crippen molar-refractivity contribution in [3.05, 3.63) is 47.8 Å². The molecule has 7 nitrogen and oxygen atoms in total. The number of halogens is 1. The van der Waals surface area contributed by atoms with E-state index in [2.05, 4.69) is 5.32 Å². The van der Waals surface area contributed by atoms with E-state index in [0.717, 1.165) is 17.7 Å². The van der Waals surface area contributed by atoms with Gasteiger partial charge in [0, 0.05) is 35.7 Å². The van der Waals surface area contributed by atoms with Gasteiger partial charge in [0.25, 0.3) is 0 Å². The van der Waals surface area contributed by atoms with Crippen LogP contribution in [0.15, 0.2) is 46.2 Å². The summed E-state index contributed by atoms with van der Waals surface area (Å²) in [6.45, 7) is 1.35. The Bertz CT molecular complexity index is 1170. The van der Waals surface area contributed by atoms with Crippen LogP contribution in [-0.2, 0) is 14.8 Å². The first-order chi connectivity index (χ1) is 15.9. The van der Waals surface area contributed by atoms with Crippen molar-refractivity contribution < 1.29 is 27.1 Å². The summed E-state index contributed by atoms with van der Waals surface area (Å²) in [5.41, 5.74) is 0.818. The Balaban J connectivity index is 1.22. The van der Waals surface area contributed by atoms with Crippen molar-refractivity contribution >= 4 is 27.7 Å². The third kappa shape index (κ3) is 4.43. The van der Waals surface area contributed by atoms with Gasteiger partial charge in [0.15, 0.2) is 11.5 Å². The van der Waals surface area contributed by atoms with E-state index < -0.39 is 10.0 Å². The standard InChI is InChI=1S/C23H25FN2O5S2/c24-18-3-1-2-17-19(8-13-32-22(17)18)25-23(27)15-6-9-26(10-7-15)33(28,29)16-4-5-20-21(14-16)31-12-11-30-20/h1-5,14-15,19H,6-13H2,(H,25,27). The smallest absolute Gasteiger partial charge is 0.243 e. The quantitative estimate of drug-likeness (QED) is 0.705. The third-order valence-electron chi connectivity index (χ3n) is 6.32. The van der Waals surface area contributed by atoms with E-state index in [1.165, 1.54) is 34.3 Å². The summed E-state index contributed by atoms with van der Waals surface area (Å²) in [5.74, 6) is 1.08. The second-order valence-corrected chi connectivity index (χ2v) is 11.4. The van der Waals surface area contributed by atoms with Crippen LogP contribution in [0.4, 0.5) is 4.39 Å². The van der Waals surface area contributed by atoms with Crippen molar-refractivity contribution in [2.24, 2.45) is 5.92 Å². The highest BCUT2D eigenvalue weighted by molar-refractivity contribution is 7.99. The van der Waals surface area contributed by atoms with Crippen molar-refractivity contribution in [1.29, 1.82) is 0 Å². The van der Waals surface area contributed by atoms with Gasteiger partial charge in [-0.25, -0.2) is 12.8 Å². The van der Waals surface area contributed by atoms with Crippen molar-refractivity contribution in [3.63, 3.8) is 0 Å². The summed E-state index contributed by atoms with van der Waals surface area (Å²) in [6, 6.07) is 9.39. The van der Waals surface area contributed by atoms with Crippen LogP contribution in [0.3, 0.4) is 0 Å². The van der Waals surface area contributed by atoms with Gasteiger partial charge in [-0.2, -0.15) is 4.31 Å². The zero-order chi connectivity index (χ0) is 23.0. The van der Waals surface area contributed by atoms with Crippen molar-refractivity contribution in [3.8, 4) is 11.5 Å². The zero-order valence-electron chi connectivity index (χ0n) is 18.0. The van der Waals surface area contributed by atoms with Crippen LogP contribution in [0.5, 0.6) is 11.5 Å². The van der Waals surface area contributed by atoms with E-state index in [0.29, 0.717) is 42.4 Å². The molecule has 2 aromatic rings. The predicted octanol–water partition coefficient (Wildman–Crippen LogP) is 3.35. The number of carbonyl (C=O) groups excluding carboxylic acids is 1. The summed E-state index contributed by atoms with van der Waals surface area (Å²) in [7, 11) is -3.69. The first-order valence-electron chi connectivity index (χ1n) is 11.0. The number of rotatable bonds is 4. The van der Waals surface area contributed by atoms with E-state index in [-0.39, 0.29) is 41.7 Å². The Morgan fingerprint density at radius 2 is 1.82 bits per heavy atom. The Morgan fingerprint density at radius 1 is 1.06 bits per heavy atom. The number of piperidine rings is 1. The number of nitrogens with zero attached hydrogens (tertiary/aromatic N) is 1. The second kappa shape index (κ2) is 9.15. The molecule has 0 aliphatic carbocycles. The molecular weight excluding hydrogens is 467 g/mol. The minimum absolute atomic E-state index is 0.0986. The summed E-state index contributed by atoms with van der Waals surface area (Å²) < 4.78 is 52.8. The molecule has 0 saturated carbocycles. The Morgan fingerprint density at radius 3 is 2.61 bits per heavy atom. The maximum absolute atomic E-state index is 14.1. The van der Waals surface area contributed by atoms with E-state index >= 15 is 0 Å². The average molecular weight is 493 g/mol. The summed E-state index contributed by atoms with van der Waals surface area (Å²) in [4.78, 5) is 13.7. The molecule has 1 saturated heterocycles. The Kier molecular flexibility index (Phi) is 6.24. The van der Waals surface area contributed by atoms with Gasteiger partial charge >= 0.3 is 0 Å². The lowest BCUT2D eigenvalue weighted by molar-refractivity contribution is -0.127. The van der Waals surface area contributed by atoms with Crippen LogP contribution < -0.4 is 14.8 Å². The summed E-state index contributed by atoms with van der Waals surface area (Å²) in [5, 5.41) is 3.07. The minimum atomic E-state index is -3.69. The lowest BCUT2D eigenvalue weighted by Crippen LogP contribution is -2.44. The molecule has 0 spiro atoms. The molecule has 3 aliphatic heterocycles. The van der Waals surface area contributed by atoms with Crippen molar-refractivity contribution in [2.45, 2.75) is 35.1 Å². The monoisotopic (exact) mass is 492 g/mol. The van der Waals surface area contributed by atoms with Crippen molar-refractivity contribution in [2.75, 3.05) is 32.1 Å². The van der Waals surface area contributed by atoms with E-state index in [4.69, 9.17) is 9.47 Å². The number of ether oxygens (including phenoxy) is 2. The largest absolute Gasteiger partial charge is 0.486 e. The normalized spacial score (nSPS) is 21.3. The molecule has 1 fully saturated rings. The van der Waals surface area contributed by atoms with E-state index in [9.17, 15) is 17.6 Å². The molecule has 176 valence electrons. The topological polar surface area (TPSA) is 84.9 Å². The molecule has 0 bridgehead atoms. The number of amides is 1. The van der Waals surface area contributed by atoms with Gasteiger partial charge in [-0.15, -0.1) is 11.8 Å². The van der Waals surface area contributed by atoms with Crippen LogP contribution in [-0.4, -0.2) is 50.7 Å². The number of hydrogen-bond acceptors (Lipinski definition) is 6. The van der Waals surface area contributed by atoms with Gasteiger partial charge in [0.05, 0.1) is 10.9 Å². The molecule has 3 aliphatic rings. The lowest BCUT2D eigenvalue weighted by atomic mass is 9.95. The minimum Gasteiger partial charge on any atom is -0.486 e. The SMILES string of the molecule is O=C(NC1CCSc2c(F)cccc21)C1CCN(S(=O)(=O)c2ccc3c(c2)OCCO3)CC1. The fourth-order valence-corrected chi connectivity index (χ4v) is 7.14. The highest BCUT2D eigenvalue weighted by atomic mass is 32.2. The summed E-state index contributed by atoms with van der Waals surface area (Å²) in [6.07, 6.45) is 1.62. The van der Waals surface area contributed by atoms with Crippen molar-refractivity contribution in [1.82, 2.24) is 9.62 Å². The fraction of sp³-hybridized carbons (Fsp3) is 0.435.